The summed E-state index contributed by atoms with van der Waals surface area (Å²) in [5.41, 5.74) is 0.722. The van der Waals surface area contributed by atoms with Crippen LogP contribution in [0.4, 0.5) is 10.1 Å². The summed E-state index contributed by atoms with van der Waals surface area (Å²) in [7, 11) is 0. The first-order valence-electron chi connectivity index (χ1n) is 6.63. The molecule has 2 N–H and O–H groups in total. The molecule has 1 saturated carbocycles. The summed E-state index contributed by atoms with van der Waals surface area (Å²) in [4.78, 5) is 11.7. The van der Waals surface area contributed by atoms with E-state index in [1.807, 2.05) is 0 Å². The highest BCUT2D eigenvalue weighted by molar-refractivity contribution is 6.31. The standard InChI is InChI=1S/C14H18ClFN2O/c15-12-9-11(5-6-13(12)16)17-8-7-14(19)18-10-3-1-2-4-10/h5-6,9-10,17H,1-4,7-8H2,(H,18,19). The Bertz CT molecular complexity index is 447. The number of rotatable bonds is 5. The van der Waals surface area contributed by atoms with E-state index in [1.165, 1.54) is 25.0 Å². The minimum atomic E-state index is -0.439. The Hall–Kier alpha value is -1.29. The highest BCUT2D eigenvalue weighted by Crippen LogP contribution is 2.19. The van der Waals surface area contributed by atoms with Gasteiger partial charge in [0, 0.05) is 24.7 Å². The number of hydrogen-bond acceptors (Lipinski definition) is 2. The van der Waals surface area contributed by atoms with Crippen molar-refractivity contribution in [3.8, 4) is 0 Å². The van der Waals surface area contributed by atoms with Crippen LogP contribution < -0.4 is 10.6 Å². The van der Waals surface area contributed by atoms with Gasteiger partial charge in [-0.1, -0.05) is 24.4 Å². The lowest BCUT2D eigenvalue weighted by molar-refractivity contribution is -0.121. The van der Waals surface area contributed by atoms with Gasteiger partial charge < -0.3 is 10.6 Å². The van der Waals surface area contributed by atoms with E-state index in [2.05, 4.69) is 10.6 Å². The molecule has 5 heteroatoms. The Morgan fingerprint density at radius 2 is 2.11 bits per heavy atom. The number of amides is 1. The molecule has 3 nitrogen and oxygen atoms in total. The summed E-state index contributed by atoms with van der Waals surface area (Å²) in [6.07, 6.45) is 5.00. The molecule has 1 aliphatic rings. The topological polar surface area (TPSA) is 41.1 Å². The van der Waals surface area contributed by atoms with E-state index in [0.29, 0.717) is 19.0 Å². The molecular weight excluding hydrogens is 267 g/mol. The van der Waals surface area contributed by atoms with Crippen LogP contribution >= 0.6 is 11.6 Å². The Balaban J connectivity index is 1.70. The van der Waals surface area contributed by atoms with Crippen molar-refractivity contribution in [1.82, 2.24) is 5.32 Å². The molecule has 0 aliphatic heterocycles. The molecule has 1 amide bonds. The fourth-order valence-electron chi connectivity index (χ4n) is 2.30. The van der Waals surface area contributed by atoms with E-state index < -0.39 is 5.82 Å². The summed E-state index contributed by atoms with van der Waals surface area (Å²) >= 11 is 5.67. The van der Waals surface area contributed by atoms with E-state index in [-0.39, 0.29) is 10.9 Å². The zero-order chi connectivity index (χ0) is 13.7. The normalized spacial score (nSPS) is 15.5. The van der Waals surface area contributed by atoms with Gasteiger partial charge in [-0.15, -0.1) is 0 Å². The van der Waals surface area contributed by atoms with Crippen LogP contribution in [0.15, 0.2) is 18.2 Å². The van der Waals surface area contributed by atoms with Crippen LogP contribution in [0.2, 0.25) is 5.02 Å². The molecule has 0 unspecified atom stereocenters. The lowest BCUT2D eigenvalue weighted by Crippen LogP contribution is -2.33. The number of halogens is 2. The Kier molecular flexibility index (Phi) is 5.02. The predicted octanol–water partition coefficient (Wildman–Crippen LogP) is 3.34. The molecule has 0 atom stereocenters. The van der Waals surface area contributed by atoms with Gasteiger partial charge in [-0.25, -0.2) is 4.39 Å². The van der Waals surface area contributed by atoms with Crippen molar-refractivity contribution in [2.24, 2.45) is 0 Å². The molecule has 0 heterocycles. The summed E-state index contributed by atoms with van der Waals surface area (Å²) < 4.78 is 13.0. The number of benzene rings is 1. The van der Waals surface area contributed by atoms with Crippen LogP contribution in [0, 0.1) is 5.82 Å². The van der Waals surface area contributed by atoms with E-state index in [1.54, 1.807) is 6.07 Å². The van der Waals surface area contributed by atoms with Gasteiger partial charge in [-0.3, -0.25) is 4.79 Å². The van der Waals surface area contributed by atoms with Crippen molar-refractivity contribution in [3.05, 3.63) is 29.0 Å². The molecule has 19 heavy (non-hydrogen) atoms. The van der Waals surface area contributed by atoms with Crippen molar-refractivity contribution >= 4 is 23.2 Å². The Morgan fingerprint density at radius 1 is 1.37 bits per heavy atom. The Morgan fingerprint density at radius 3 is 2.79 bits per heavy atom. The van der Waals surface area contributed by atoms with Crippen molar-refractivity contribution in [2.45, 2.75) is 38.1 Å². The second-order valence-corrected chi connectivity index (χ2v) is 5.26. The molecule has 1 fully saturated rings. The number of nitrogens with one attached hydrogen (secondary N) is 2. The minimum absolute atomic E-state index is 0.0626. The quantitative estimate of drug-likeness (QED) is 0.871. The maximum atomic E-state index is 13.0. The Labute approximate surface area is 117 Å². The first kappa shape index (κ1) is 14.1. The van der Waals surface area contributed by atoms with Gasteiger partial charge in [0.1, 0.15) is 5.82 Å². The average Bonchev–Trinajstić information content (AvgIpc) is 2.86. The van der Waals surface area contributed by atoms with Crippen molar-refractivity contribution < 1.29 is 9.18 Å². The average molecular weight is 285 g/mol. The van der Waals surface area contributed by atoms with E-state index in [9.17, 15) is 9.18 Å². The SMILES string of the molecule is O=C(CCNc1ccc(F)c(Cl)c1)NC1CCCC1. The number of anilines is 1. The van der Waals surface area contributed by atoms with Gasteiger partial charge in [-0.2, -0.15) is 0 Å². The first-order valence-corrected chi connectivity index (χ1v) is 7.01. The molecule has 104 valence electrons. The number of carbonyl (C=O) groups excluding carboxylic acids is 1. The minimum Gasteiger partial charge on any atom is -0.384 e. The second kappa shape index (κ2) is 6.75. The zero-order valence-electron chi connectivity index (χ0n) is 10.7. The third kappa shape index (κ3) is 4.39. The van der Waals surface area contributed by atoms with E-state index in [0.717, 1.165) is 18.5 Å². The molecule has 2 rings (SSSR count). The van der Waals surface area contributed by atoms with Gasteiger partial charge in [0.25, 0.3) is 0 Å². The fourth-order valence-corrected chi connectivity index (χ4v) is 2.48. The van der Waals surface area contributed by atoms with E-state index >= 15 is 0 Å². The van der Waals surface area contributed by atoms with Crippen molar-refractivity contribution in [2.75, 3.05) is 11.9 Å². The van der Waals surface area contributed by atoms with Crippen molar-refractivity contribution in [3.63, 3.8) is 0 Å². The molecule has 0 bridgehead atoms. The van der Waals surface area contributed by atoms with Crippen LogP contribution in [0.3, 0.4) is 0 Å². The van der Waals surface area contributed by atoms with Gasteiger partial charge in [-0.05, 0) is 31.0 Å². The molecule has 1 aromatic rings. The number of carbonyl (C=O) groups is 1. The van der Waals surface area contributed by atoms with Crippen LogP contribution in [0.1, 0.15) is 32.1 Å². The van der Waals surface area contributed by atoms with Gasteiger partial charge in [0.05, 0.1) is 5.02 Å². The zero-order valence-corrected chi connectivity index (χ0v) is 11.5. The smallest absolute Gasteiger partial charge is 0.221 e. The van der Waals surface area contributed by atoms with Crippen LogP contribution in [0.25, 0.3) is 0 Å². The third-order valence-corrected chi connectivity index (χ3v) is 3.61. The maximum Gasteiger partial charge on any atom is 0.221 e. The molecule has 0 spiro atoms. The lowest BCUT2D eigenvalue weighted by Gasteiger charge is -2.12. The molecule has 0 radical (unpaired) electrons. The van der Waals surface area contributed by atoms with E-state index in [4.69, 9.17) is 11.6 Å². The van der Waals surface area contributed by atoms with Gasteiger partial charge >= 0.3 is 0 Å². The largest absolute Gasteiger partial charge is 0.384 e. The lowest BCUT2D eigenvalue weighted by atomic mass is 10.2. The molecule has 0 aromatic heterocycles. The van der Waals surface area contributed by atoms with Crippen LogP contribution in [0.5, 0.6) is 0 Å². The van der Waals surface area contributed by atoms with Crippen LogP contribution in [-0.4, -0.2) is 18.5 Å². The molecule has 0 saturated heterocycles. The van der Waals surface area contributed by atoms with Crippen LogP contribution in [-0.2, 0) is 4.79 Å². The maximum absolute atomic E-state index is 13.0. The molecule has 1 aliphatic carbocycles. The fraction of sp³-hybridized carbons (Fsp3) is 0.500. The predicted molar refractivity (Wildman–Crippen MR) is 74.9 cm³/mol. The second-order valence-electron chi connectivity index (χ2n) is 4.85. The first-order chi connectivity index (χ1) is 9.15. The molecule has 1 aromatic carbocycles. The summed E-state index contributed by atoms with van der Waals surface area (Å²) in [5, 5.41) is 6.16. The summed E-state index contributed by atoms with van der Waals surface area (Å²) in [6.45, 7) is 0.514. The highest BCUT2D eigenvalue weighted by atomic mass is 35.5. The molecular formula is C14H18ClFN2O. The van der Waals surface area contributed by atoms with Crippen molar-refractivity contribution in [1.29, 1.82) is 0 Å². The summed E-state index contributed by atoms with van der Waals surface area (Å²) in [6, 6.07) is 4.79. The van der Waals surface area contributed by atoms with Gasteiger partial charge in [0.2, 0.25) is 5.91 Å². The summed E-state index contributed by atoms with van der Waals surface area (Å²) in [5.74, 6) is -0.376. The number of hydrogen-bond donors (Lipinski definition) is 2. The highest BCUT2D eigenvalue weighted by Gasteiger charge is 2.16. The monoisotopic (exact) mass is 284 g/mol. The third-order valence-electron chi connectivity index (χ3n) is 3.32. The van der Waals surface area contributed by atoms with Gasteiger partial charge in [0.15, 0.2) is 0 Å².